The van der Waals surface area contributed by atoms with Gasteiger partial charge in [0.05, 0.1) is 11.2 Å². The van der Waals surface area contributed by atoms with Crippen LogP contribution in [0.15, 0.2) is 110 Å². The van der Waals surface area contributed by atoms with Crippen LogP contribution in [0.1, 0.15) is 26.3 Å². The van der Waals surface area contributed by atoms with Crippen molar-refractivity contribution in [1.82, 2.24) is 14.4 Å². The topological polar surface area (TPSA) is 39.4 Å². The molecule has 41 heavy (non-hydrogen) atoms. The molecule has 8 rings (SSSR count). The number of fused-ring (bicyclic) bond motifs is 9. The molecular weight excluding hydrogens is 522 g/mol. The molecule has 4 heterocycles. The van der Waals surface area contributed by atoms with Crippen molar-refractivity contribution < 1.29 is 4.74 Å². The van der Waals surface area contributed by atoms with E-state index in [1.165, 1.54) is 36.5 Å². The van der Waals surface area contributed by atoms with Crippen molar-refractivity contribution in [1.29, 1.82) is 0 Å². The number of nitrogens with zero attached hydrogens (tertiary/aromatic N) is 3. The summed E-state index contributed by atoms with van der Waals surface area (Å²) in [6.07, 6.45) is 5.81. The van der Waals surface area contributed by atoms with E-state index in [9.17, 15) is 0 Å². The zero-order chi connectivity index (χ0) is 27.7. The molecule has 0 N–H and O–H groups in total. The number of hydrogen-bond donors (Lipinski definition) is 0. The maximum atomic E-state index is 6.43. The minimum absolute atomic E-state index is 0.0575. The molecule has 0 bridgehead atoms. The SMILES string of the molecule is CC(C)(C)c1ccnc(-c2cccc(Oc3ccc4c5cc6sc7ccccc7c6cc5n5ccnc5c4c3)c2)c1. The molecule has 0 radical (unpaired) electrons. The molecule has 198 valence electrons. The van der Waals surface area contributed by atoms with Crippen molar-refractivity contribution in [3.8, 4) is 22.8 Å². The van der Waals surface area contributed by atoms with E-state index in [1.807, 2.05) is 42.1 Å². The highest BCUT2D eigenvalue weighted by atomic mass is 32.1. The molecule has 0 amide bonds. The molecular formula is C36H27N3OS. The Bertz CT molecular complexity index is 2290. The lowest BCUT2D eigenvalue weighted by molar-refractivity contribution is 0.483. The normalized spacial score (nSPS) is 12.3. The van der Waals surface area contributed by atoms with Gasteiger partial charge in [0.1, 0.15) is 17.1 Å². The molecule has 0 saturated carbocycles. The Morgan fingerprint density at radius 1 is 0.659 bits per heavy atom. The summed E-state index contributed by atoms with van der Waals surface area (Å²) >= 11 is 1.84. The quantitative estimate of drug-likeness (QED) is 0.206. The Morgan fingerprint density at radius 2 is 1.54 bits per heavy atom. The highest BCUT2D eigenvalue weighted by molar-refractivity contribution is 7.25. The van der Waals surface area contributed by atoms with Gasteiger partial charge in [-0.1, -0.05) is 51.1 Å². The van der Waals surface area contributed by atoms with Crippen LogP contribution in [0.4, 0.5) is 0 Å². The van der Waals surface area contributed by atoms with Crippen LogP contribution >= 0.6 is 11.3 Å². The molecule has 4 aromatic carbocycles. The molecule has 0 aliphatic heterocycles. The Hall–Kier alpha value is -4.74. The first kappa shape index (κ1) is 24.1. The van der Waals surface area contributed by atoms with Gasteiger partial charge in [-0.15, -0.1) is 11.3 Å². The van der Waals surface area contributed by atoms with E-state index < -0.39 is 0 Å². The predicted molar refractivity (Wildman–Crippen MR) is 172 cm³/mol. The average molecular weight is 550 g/mol. The Labute approximate surface area is 241 Å². The summed E-state index contributed by atoms with van der Waals surface area (Å²) in [5, 5.41) is 6.03. The Balaban J connectivity index is 1.24. The van der Waals surface area contributed by atoms with Crippen molar-refractivity contribution >= 4 is 58.8 Å². The third kappa shape index (κ3) is 3.96. The van der Waals surface area contributed by atoms with Crippen molar-refractivity contribution in [2.45, 2.75) is 26.2 Å². The molecule has 0 aliphatic carbocycles. The number of thiophene rings is 1. The average Bonchev–Trinajstić information content (AvgIpc) is 3.61. The highest BCUT2D eigenvalue weighted by Crippen LogP contribution is 2.40. The third-order valence-corrected chi connectivity index (χ3v) is 9.04. The summed E-state index contributed by atoms with van der Waals surface area (Å²) < 4.78 is 11.2. The van der Waals surface area contributed by atoms with Crippen molar-refractivity contribution in [2.24, 2.45) is 0 Å². The fourth-order valence-corrected chi connectivity index (χ4v) is 6.92. The maximum absolute atomic E-state index is 6.43. The zero-order valence-electron chi connectivity index (χ0n) is 23.1. The Morgan fingerprint density at radius 3 is 2.44 bits per heavy atom. The van der Waals surface area contributed by atoms with E-state index in [0.717, 1.165) is 39.3 Å². The van der Waals surface area contributed by atoms with E-state index in [1.54, 1.807) is 0 Å². The summed E-state index contributed by atoms with van der Waals surface area (Å²) in [5.41, 5.74) is 5.37. The first-order valence-corrected chi connectivity index (χ1v) is 14.6. The first-order valence-electron chi connectivity index (χ1n) is 13.8. The summed E-state index contributed by atoms with van der Waals surface area (Å²) in [6, 6.07) is 32.0. The van der Waals surface area contributed by atoms with E-state index >= 15 is 0 Å². The molecule has 8 aromatic rings. The second-order valence-electron chi connectivity index (χ2n) is 11.6. The summed E-state index contributed by atoms with van der Waals surface area (Å²) in [4.78, 5) is 9.40. The van der Waals surface area contributed by atoms with Crippen molar-refractivity contribution in [3.05, 3.63) is 115 Å². The van der Waals surface area contributed by atoms with Crippen LogP contribution in [0.3, 0.4) is 0 Å². The molecule has 0 unspecified atom stereocenters. The van der Waals surface area contributed by atoms with Gasteiger partial charge in [-0.05, 0) is 77.0 Å². The van der Waals surface area contributed by atoms with Gasteiger partial charge in [0.25, 0.3) is 0 Å². The molecule has 4 nitrogen and oxygen atoms in total. The Kier molecular flexibility index (Phi) is 5.22. The lowest BCUT2D eigenvalue weighted by Crippen LogP contribution is -2.11. The minimum Gasteiger partial charge on any atom is -0.457 e. The van der Waals surface area contributed by atoms with Crippen LogP contribution in [0, 0.1) is 0 Å². The van der Waals surface area contributed by atoms with Crippen LogP contribution in [0.2, 0.25) is 0 Å². The van der Waals surface area contributed by atoms with Gasteiger partial charge in [-0.3, -0.25) is 9.38 Å². The van der Waals surface area contributed by atoms with Crippen LogP contribution in [-0.4, -0.2) is 14.4 Å². The van der Waals surface area contributed by atoms with E-state index in [0.29, 0.717) is 0 Å². The predicted octanol–water partition coefficient (Wildman–Crippen LogP) is 10.2. The van der Waals surface area contributed by atoms with Crippen LogP contribution in [0.25, 0.3) is 58.8 Å². The number of ether oxygens (including phenoxy) is 1. The van der Waals surface area contributed by atoms with Gasteiger partial charge in [0.15, 0.2) is 0 Å². The maximum Gasteiger partial charge on any atom is 0.145 e. The molecule has 0 aliphatic rings. The molecule has 0 saturated heterocycles. The van der Waals surface area contributed by atoms with E-state index in [4.69, 9.17) is 9.72 Å². The van der Waals surface area contributed by atoms with E-state index in [-0.39, 0.29) is 5.41 Å². The van der Waals surface area contributed by atoms with Gasteiger partial charge < -0.3 is 4.74 Å². The lowest BCUT2D eigenvalue weighted by atomic mass is 9.87. The molecule has 0 fully saturated rings. The number of imidazole rings is 1. The smallest absolute Gasteiger partial charge is 0.145 e. The van der Waals surface area contributed by atoms with Gasteiger partial charge in [-0.2, -0.15) is 0 Å². The van der Waals surface area contributed by atoms with Gasteiger partial charge in [0.2, 0.25) is 0 Å². The molecule has 0 spiro atoms. The number of aromatic nitrogens is 3. The highest BCUT2D eigenvalue weighted by Gasteiger charge is 2.16. The number of benzene rings is 4. The molecule has 4 aromatic heterocycles. The van der Waals surface area contributed by atoms with Gasteiger partial charge in [0, 0.05) is 55.1 Å². The summed E-state index contributed by atoms with van der Waals surface area (Å²) in [6.45, 7) is 6.66. The fourth-order valence-electron chi connectivity index (χ4n) is 5.79. The third-order valence-electron chi connectivity index (χ3n) is 7.91. The largest absolute Gasteiger partial charge is 0.457 e. The van der Waals surface area contributed by atoms with Crippen molar-refractivity contribution in [2.75, 3.05) is 0 Å². The second-order valence-corrected chi connectivity index (χ2v) is 12.7. The monoisotopic (exact) mass is 549 g/mol. The van der Waals surface area contributed by atoms with Crippen molar-refractivity contribution in [3.63, 3.8) is 0 Å². The van der Waals surface area contributed by atoms with Crippen LogP contribution in [0.5, 0.6) is 11.5 Å². The lowest BCUT2D eigenvalue weighted by Gasteiger charge is -2.19. The van der Waals surface area contributed by atoms with E-state index in [2.05, 4.69) is 109 Å². The number of hydrogen-bond acceptors (Lipinski definition) is 4. The second kappa shape index (κ2) is 8.88. The summed E-state index contributed by atoms with van der Waals surface area (Å²) in [5.74, 6) is 1.55. The summed E-state index contributed by atoms with van der Waals surface area (Å²) in [7, 11) is 0. The number of pyridine rings is 2. The van der Waals surface area contributed by atoms with Crippen LogP contribution < -0.4 is 4.74 Å². The molecule has 0 atom stereocenters. The van der Waals surface area contributed by atoms with Gasteiger partial charge in [-0.25, -0.2) is 4.98 Å². The number of rotatable bonds is 3. The zero-order valence-corrected chi connectivity index (χ0v) is 23.9. The van der Waals surface area contributed by atoms with Gasteiger partial charge >= 0.3 is 0 Å². The first-order chi connectivity index (χ1) is 19.9. The fraction of sp³-hybridized carbons (Fsp3) is 0.111. The molecule has 5 heteroatoms. The minimum atomic E-state index is 0.0575. The van der Waals surface area contributed by atoms with Crippen LogP contribution in [-0.2, 0) is 5.41 Å². The standard InChI is InChI=1S/C36H27N3OS/c1-36(2,3)23-13-14-37-31(18-23)22-7-6-8-24(17-22)40-25-11-12-26-28-21-34-29(27-9-4-5-10-33(27)41-34)20-32(28)39-16-15-38-35(39)30(26)19-25/h4-21H,1-3H3.